The molecule has 0 aliphatic rings. The summed E-state index contributed by atoms with van der Waals surface area (Å²) in [6.07, 6.45) is 0.790. The molecule has 0 amide bonds. The monoisotopic (exact) mass is 330 g/mol. The molecule has 0 aliphatic carbocycles. The molecule has 0 bridgehead atoms. The molecule has 0 radical (unpaired) electrons. The Kier molecular flexibility index (Phi) is 3.98. The number of ether oxygens (including phenoxy) is 1. The van der Waals surface area contributed by atoms with Gasteiger partial charge in [-0.05, 0) is 40.5 Å². The fourth-order valence-electron chi connectivity index (χ4n) is 3.17. The van der Waals surface area contributed by atoms with Crippen LogP contribution in [0.2, 0.25) is 0 Å². The van der Waals surface area contributed by atoms with Gasteiger partial charge in [-0.25, -0.2) is 4.79 Å². The van der Waals surface area contributed by atoms with E-state index in [4.69, 9.17) is 9.15 Å². The fraction of sp³-hybridized carbons (Fsp3) is 0.136. The first-order valence-corrected chi connectivity index (χ1v) is 8.41. The fourth-order valence-corrected chi connectivity index (χ4v) is 3.17. The maximum atomic E-state index is 11.7. The Labute approximate surface area is 145 Å². The van der Waals surface area contributed by atoms with Crippen molar-refractivity contribution >= 4 is 21.7 Å². The highest BCUT2D eigenvalue weighted by atomic mass is 16.5. The van der Waals surface area contributed by atoms with Crippen molar-refractivity contribution in [2.45, 2.75) is 20.0 Å². The third-order valence-corrected chi connectivity index (χ3v) is 4.46. The van der Waals surface area contributed by atoms with Crippen molar-refractivity contribution < 1.29 is 9.15 Å². The molecule has 1 aromatic heterocycles. The molecular weight excluding hydrogens is 312 g/mol. The summed E-state index contributed by atoms with van der Waals surface area (Å²) in [5.74, 6) is 0.692. The Morgan fingerprint density at radius 1 is 0.880 bits per heavy atom. The quantitative estimate of drug-likeness (QED) is 0.489. The third-order valence-electron chi connectivity index (χ3n) is 4.46. The number of fused-ring (bicyclic) bond motifs is 2. The Balaban J connectivity index is 1.66. The van der Waals surface area contributed by atoms with Crippen LogP contribution in [0.5, 0.6) is 5.75 Å². The van der Waals surface area contributed by atoms with Gasteiger partial charge in [0.05, 0.1) is 0 Å². The molecule has 124 valence electrons. The molecule has 3 nitrogen and oxygen atoms in total. The molecule has 0 spiro atoms. The molecule has 4 rings (SSSR count). The van der Waals surface area contributed by atoms with Crippen molar-refractivity contribution in [3.05, 3.63) is 88.3 Å². The Morgan fingerprint density at radius 2 is 1.72 bits per heavy atom. The van der Waals surface area contributed by atoms with E-state index in [2.05, 4.69) is 24.3 Å². The molecule has 3 heteroatoms. The summed E-state index contributed by atoms with van der Waals surface area (Å²) in [6, 6.07) is 21.7. The molecule has 0 N–H and O–H groups in total. The predicted octanol–water partition coefficient (Wildman–Crippen LogP) is 5.09. The lowest BCUT2D eigenvalue weighted by Crippen LogP contribution is -2.01. The first-order chi connectivity index (χ1) is 12.2. The van der Waals surface area contributed by atoms with E-state index in [1.165, 1.54) is 10.8 Å². The molecule has 0 unspecified atom stereocenters. The van der Waals surface area contributed by atoms with Crippen LogP contribution >= 0.6 is 0 Å². The molecule has 0 atom stereocenters. The van der Waals surface area contributed by atoms with Crippen LogP contribution in [-0.4, -0.2) is 0 Å². The van der Waals surface area contributed by atoms with Crippen LogP contribution in [0.4, 0.5) is 0 Å². The highest BCUT2D eigenvalue weighted by Crippen LogP contribution is 2.25. The first kappa shape index (κ1) is 15.5. The van der Waals surface area contributed by atoms with Crippen molar-refractivity contribution in [1.29, 1.82) is 0 Å². The van der Waals surface area contributed by atoms with Gasteiger partial charge in [-0.15, -0.1) is 0 Å². The Hall–Kier alpha value is -3.07. The van der Waals surface area contributed by atoms with Gasteiger partial charge in [0.2, 0.25) is 0 Å². The van der Waals surface area contributed by atoms with Crippen molar-refractivity contribution in [2.24, 2.45) is 0 Å². The summed E-state index contributed by atoms with van der Waals surface area (Å²) in [5.41, 5.74) is 2.36. The zero-order valence-corrected chi connectivity index (χ0v) is 14.0. The minimum absolute atomic E-state index is 0.324. The van der Waals surface area contributed by atoms with E-state index in [1.54, 1.807) is 12.1 Å². The number of benzene rings is 3. The van der Waals surface area contributed by atoms with Gasteiger partial charge in [0.1, 0.15) is 17.9 Å². The van der Waals surface area contributed by atoms with Crippen LogP contribution in [0.1, 0.15) is 18.1 Å². The Morgan fingerprint density at radius 3 is 2.60 bits per heavy atom. The van der Waals surface area contributed by atoms with E-state index >= 15 is 0 Å². The van der Waals surface area contributed by atoms with Crippen LogP contribution < -0.4 is 10.4 Å². The summed E-state index contributed by atoms with van der Waals surface area (Å²) in [6.45, 7) is 2.49. The highest BCUT2D eigenvalue weighted by molar-refractivity contribution is 5.85. The molecule has 3 aromatic carbocycles. The maximum Gasteiger partial charge on any atom is 0.336 e. The van der Waals surface area contributed by atoms with Gasteiger partial charge < -0.3 is 9.15 Å². The minimum atomic E-state index is -0.324. The molecule has 1 heterocycles. The summed E-state index contributed by atoms with van der Waals surface area (Å²) in [5, 5.41) is 3.34. The molecule has 0 saturated carbocycles. The summed E-state index contributed by atoms with van der Waals surface area (Å²) < 4.78 is 11.3. The summed E-state index contributed by atoms with van der Waals surface area (Å²) >= 11 is 0. The number of rotatable bonds is 4. The van der Waals surface area contributed by atoms with Gasteiger partial charge in [-0.3, -0.25) is 0 Å². The normalized spacial score (nSPS) is 11.1. The average molecular weight is 330 g/mol. The maximum absolute atomic E-state index is 11.7. The first-order valence-electron chi connectivity index (χ1n) is 8.41. The molecule has 0 fully saturated rings. The van der Waals surface area contributed by atoms with Crippen molar-refractivity contribution in [1.82, 2.24) is 0 Å². The van der Waals surface area contributed by atoms with Crippen molar-refractivity contribution in [3.8, 4) is 5.75 Å². The molecule has 0 aliphatic heterocycles. The van der Waals surface area contributed by atoms with Gasteiger partial charge in [0.15, 0.2) is 0 Å². The lowest BCUT2D eigenvalue weighted by molar-refractivity contribution is 0.307. The largest absolute Gasteiger partial charge is 0.489 e. The Bertz CT molecular complexity index is 1100. The lowest BCUT2D eigenvalue weighted by Gasteiger charge is -2.10. The third kappa shape index (κ3) is 3.01. The number of hydrogen-bond donors (Lipinski definition) is 0. The second-order valence-corrected chi connectivity index (χ2v) is 6.03. The van der Waals surface area contributed by atoms with E-state index in [-0.39, 0.29) is 5.63 Å². The zero-order valence-electron chi connectivity index (χ0n) is 14.0. The van der Waals surface area contributed by atoms with Gasteiger partial charge in [0.25, 0.3) is 0 Å². The van der Waals surface area contributed by atoms with E-state index in [0.29, 0.717) is 17.9 Å². The minimum Gasteiger partial charge on any atom is -0.489 e. The smallest absolute Gasteiger partial charge is 0.336 e. The topological polar surface area (TPSA) is 39.4 Å². The predicted molar refractivity (Wildman–Crippen MR) is 100 cm³/mol. The van der Waals surface area contributed by atoms with Crippen LogP contribution in [0.15, 0.2) is 75.9 Å². The van der Waals surface area contributed by atoms with Crippen LogP contribution in [0, 0.1) is 0 Å². The van der Waals surface area contributed by atoms with E-state index in [0.717, 1.165) is 22.9 Å². The van der Waals surface area contributed by atoms with E-state index < -0.39 is 0 Å². The number of aryl methyl sites for hydroxylation is 1. The van der Waals surface area contributed by atoms with Gasteiger partial charge >= 0.3 is 5.63 Å². The number of hydrogen-bond acceptors (Lipinski definition) is 3. The van der Waals surface area contributed by atoms with E-state index in [9.17, 15) is 4.79 Å². The summed E-state index contributed by atoms with van der Waals surface area (Å²) in [4.78, 5) is 11.7. The summed E-state index contributed by atoms with van der Waals surface area (Å²) in [7, 11) is 0. The van der Waals surface area contributed by atoms with Crippen molar-refractivity contribution in [3.63, 3.8) is 0 Å². The SMILES string of the molecule is CCc1cc(=O)oc2cc(OCc3cccc4ccccc34)ccc12. The van der Waals surface area contributed by atoms with Crippen LogP contribution in [0.3, 0.4) is 0 Å². The van der Waals surface area contributed by atoms with Crippen LogP contribution in [-0.2, 0) is 13.0 Å². The standard InChI is InChI=1S/C22H18O3/c1-2-15-12-22(23)25-21-13-18(10-11-20(15)21)24-14-17-8-5-7-16-6-3-4-9-19(16)17/h3-13H,2,14H2,1H3. The van der Waals surface area contributed by atoms with Crippen LogP contribution in [0.25, 0.3) is 21.7 Å². The highest BCUT2D eigenvalue weighted by Gasteiger charge is 2.07. The molecule has 0 saturated heterocycles. The van der Waals surface area contributed by atoms with Crippen molar-refractivity contribution in [2.75, 3.05) is 0 Å². The van der Waals surface area contributed by atoms with Gasteiger partial charge in [-0.1, -0.05) is 49.4 Å². The second-order valence-electron chi connectivity index (χ2n) is 6.03. The molecular formula is C22H18O3. The van der Waals surface area contributed by atoms with E-state index in [1.807, 2.05) is 37.3 Å². The average Bonchev–Trinajstić information content (AvgIpc) is 2.65. The molecule has 25 heavy (non-hydrogen) atoms. The van der Waals surface area contributed by atoms with Gasteiger partial charge in [0, 0.05) is 17.5 Å². The molecule has 4 aromatic rings. The zero-order chi connectivity index (χ0) is 17.2. The lowest BCUT2D eigenvalue weighted by atomic mass is 10.1. The van der Waals surface area contributed by atoms with Gasteiger partial charge in [-0.2, -0.15) is 0 Å². The second kappa shape index (κ2) is 6.44.